The first-order valence-electron chi connectivity index (χ1n) is 6.30. The first kappa shape index (κ1) is 14.0. The SMILES string of the molecule is CNc1cc(C)ncc1C(=O)NC1CCC(=O)NC1=O. The molecule has 2 heterocycles. The third kappa shape index (κ3) is 2.93. The van der Waals surface area contributed by atoms with E-state index in [4.69, 9.17) is 0 Å². The van der Waals surface area contributed by atoms with Gasteiger partial charge in [0.15, 0.2) is 0 Å². The lowest BCUT2D eigenvalue weighted by atomic mass is 10.1. The predicted molar refractivity (Wildman–Crippen MR) is 72.2 cm³/mol. The molecule has 1 atom stereocenters. The van der Waals surface area contributed by atoms with Crippen molar-refractivity contribution in [3.8, 4) is 0 Å². The number of aromatic nitrogens is 1. The van der Waals surface area contributed by atoms with Crippen molar-refractivity contribution in [3.63, 3.8) is 0 Å². The van der Waals surface area contributed by atoms with Crippen molar-refractivity contribution in [3.05, 3.63) is 23.5 Å². The Morgan fingerprint density at radius 2 is 2.20 bits per heavy atom. The van der Waals surface area contributed by atoms with E-state index in [0.29, 0.717) is 17.7 Å². The number of imide groups is 1. The molecule has 106 valence electrons. The van der Waals surface area contributed by atoms with E-state index >= 15 is 0 Å². The molecule has 0 aromatic carbocycles. The van der Waals surface area contributed by atoms with E-state index in [0.717, 1.165) is 5.69 Å². The highest BCUT2D eigenvalue weighted by Gasteiger charge is 2.28. The Morgan fingerprint density at radius 1 is 1.45 bits per heavy atom. The Labute approximate surface area is 116 Å². The fraction of sp³-hybridized carbons (Fsp3) is 0.385. The minimum absolute atomic E-state index is 0.224. The molecule has 1 aromatic heterocycles. The van der Waals surface area contributed by atoms with E-state index in [9.17, 15) is 14.4 Å². The number of hydrogen-bond donors (Lipinski definition) is 3. The summed E-state index contributed by atoms with van der Waals surface area (Å²) in [5, 5.41) is 7.73. The van der Waals surface area contributed by atoms with Crippen molar-refractivity contribution < 1.29 is 14.4 Å². The van der Waals surface area contributed by atoms with Gasteiger partial charge in [0.2, 0.25) is 11.8 Å². The van der Waals surface area contributed by atoms with Crippen molar-refractivity contribution >= 4 is 23.4 Å². The molecule has 3 N–H and O–H groups in total. The van der Waals surface area contributed by atoms with Crippen LogP contribution in [-0.4, -0.2) is 35.8 Å². The maximum atomic E-state index is 12.2. The summed E-state index contributed by atoms with van der Waals surface area (Å²) < 4.78 is 0. The van der Waals surface area contributed by atoms with Crippen LogP contribution in [0.2, 0.25) is 0 Å². The third-order valence-electron chi connectivity index (χ3n) is 3.10. The molecule has 0 spiro atoms. The fourth-order valence-electron chi connectivity index (χ4n) is 2.01. The highest BCUT2D eigenvalue weighted by molar-refractivity contribution is 6.05. The minimum atomic E-state index is -0.689. The van der Waals surface area contributed by atoms with E-state index in [1.54, 1.807) is 13.1 Å². The van der Waals surface area contributed by atoms with Crippen LogP contribution in [-0.2, 0) is 9.59 Å². The number of carbonyl (C=O) groups is 3. The van der Waals surface area contributed by atoms with Gasteiger partial charge < -0.3 is 10.6 Å². The van der Waals surface area contributed by atoms with Crippen LogP contribution >= 0.6 is 0 Å². The zero-order chi connectivity index (χ0) is 14.7. The van der Waals surface area contributed by atoms with Gasteiger partial charge in [0.1, 0.15) is 6.04 Å². The maximum Gasteiger partial charge on any atom is 0.255 e. The summed E-state index contributed by atoms with van der Waals surface area (Å²) in [5.74, 6) is -1.18. The number of nitrogens with one attached hydrogen (secondary N) is 3. The molecule has 1 fully saturated rings. The van der Waals surface area contributed by atoms with Gasteiger partial charge in [-0.1, -0.05) is 0 Å². The molecule has 1 saturated heterocycles. The number of amides is 3. The summed E-state index contributed by atoms with van der Waals surface area (Å²) in [5.41, 5.74) is 1.79. The van der Waals surface area contributed by atoms with Gasteiger partial charge in [-0.25, -0.2) is 0 Å². The number of nitrogens with zero attached hydrogens (tertiary/aromatic N) is 1. The molecule has 2 rings (SSSR count). The largest absolute Gasteiger partial charge is 0.387 e. The Kier molecular flexibility index (Phi) is 3.97. The summed E-state index contributed by atoms with van der Waals surface area (Å²) in [6.45, 7) is 1.82. The molecule has 20 heavy (non-hydrogen) atoms. The summed E-state index contributed by atoms with van der Waals surface area (Å²) in [6.07, 6.45) is 1.99. The molecule has 1 aromatic rings. The number of aryl methyl sites for hydroxylation is 1. The van der Waals surface area contributed by atoms with Crippen molar-refractivity contribution in [1.29, 1.82) is 0 Å². The number of rotatable bonds is 3. The number of pyridine rings is 1. The van der Waals surface area contributed by atoms with Gasteiger partial charge in [-0.2, -0.15) is 0 Å². The molecule has 0 bridgehead atoms. The first-order valence-corrected chi connectivity index (χ1v) is 6.30. The number of anilines is 1. The van der Waals surface area contributed by atoms with Crippen molar-refractivity contribution in [1.82, 2.24) is 15.6 Å². The number of piperidine rings is 1. The van der Waals surface area contributed by atoms with Gasteiger partial charge in [0.05, 0.1) is 11.3 Å². The number of hydrogen-bond acceptors (Lipinski definition) is 5. The van der Waals surface area contributed by atoms with Gasteiger partial charge in [0.25, 0.3) is 5.91 Å². The standard InChI is InChI=1S/C13H16N4O3/c1-7-5-10(14-2)8(6-15-7)12(19)16-9-3-4-11(18)17-13(9)20/h5-6,9H,3-4H2,1-2H3,(H,14,15)(H,16,19)(H,17,18,20). The average Bonchev–Trinajstić information content (AvgIpc) is 2.41. The molecule has 1 aliphatic heterocycles. The molecule has 7 nitrogen and oxygen atoms in total. The molecule has 0 saturated carbocycles. The molecule has 0 radical (unpaired) electrons. The Bertz CT molecular complexity index is 571. The molecule has 1 aliphatic rings. The van der Waals surface area contributed by atoms with Crippen molar-refractivity contribution in [2.45, 2.75) is 25.8 Å². The topological polar surface area (TPSA) is 100 Å². The molecule has 3 amide bonds. The van der Waals surface area contributed by atoms with Crippen molar-refractivity contribution in [2.75, 3.05) is 12.4 Å². The van der Waals surface area contributed by atoms with Crippen LogP contribution in [0.1, 0.15) is 28.9 Å². The smallest absolute Gasteiger partial charge is 0.255 e. The van der Waals surface area contributed by atoms with E-state index < -0.39 is 17.9 Å². The molecular weight excluding hydrogens is 260 g/mol. The molecule has 0 aliphatic carbocycles. The van der Waals surface area contributed by atoms with Gasteiger partial charge >= 0.3 is 0 Å². The van der Waals surface area contributed by atoms with Gasteiger partial charge in [-0.05, 0) is 19.4 Å². The van der Waals surface area contributed by atoms with Gasteiger partial charge in [-0.3, -0.25) is 24.7 Å². The van der Waals surface area contributed by atoms with Crippen LogP contribution in [0.5, 0.6) is 0 Å². The summed E-state index contributed by atoms with van der Waals surface area (Å²) in [4.78, 5) is 38.9. The Balaban J connectivity index is 2.12. The summed E-state index contributed by atoms with van der Waals surface area (Å²) in [7, 11) is 1.71. The van der Waals surface area contributed by atoms with E-state index in [2.05, 4.69) is 20.9 Å². The summed E-state index contributed by atoms with van der Waals surface area (Å²) in [6, 6.07) is 1.06. The maximum absolute atomic E-state index is 12.2. The Morgan fingerprint density at radius 3 is 2.85 bits per heavy atom. The van der Waals surface area contributed by atoms with Crippen LogP contribution in [0.25, 0.3) is 0 Å². The quantitative estimate of drug-likeness (QED) is 0.673. The lowest BCUT2D eigenvalue weighted by Crippen LogP contribution is -2.52. The monoisotopic (exact) mass is 276 g/mol. The Hall–Kier alpha value is -2.44. The van der Waals surface area contributed by atoms with Crippen LogP contribution in [0.3, 0.4) is 0 Å². The lowest BCUT2D eigenvalue weighted by Gasteiger charge is -2.22. The first-order chi connectivity index (χ1) is 9.51. The summed E-state index contributed by atoms with van der Waals surface area (Å²) >= 11 is 0. The van der Waals surface area contributed by atoms with E-state index in [1.807, 2.05) is 6.92 Å². The second kappa shape index (κ2) is 5.68. The zero-order valence-corrected chi connectivity index (χ0v) is 11.3. The third-order valence-corrected chi connectivity index (χ3v) is 3.10. The minimum Gasteiger partial charge on any atom is -0.387 e. The predicted octanol–water partition coefficient (Wildman–Crippen LogP) is -0.0333. The van der Waals surface area contributed by atoms with Crippen LogP contribution in [0, 0.1) is 6.92 Å². The van der Waals surface area contributed by atoms with Gasteiger partial charge in [0, 0.05) is 25.4 Å². The number of carbonyl (C=O) groups excluding carboxylic acids is 3. The van der Waals surface area contributed by atoms with Gasteiger partial charge in [-0.15, -0.1) is 0 Å². The average molecular weight is 276 g/mol. The molecular formula is C13H16N4O3. The van der Waals surface area contributed by atoms with E-state index in [-0.39, 0.29) is 12.3 Å². The van der Waals surface area contributed by atoms with Crippen LogP contribution in [0.15, 0.2) is 12.3 Å². The zero-order valence-electron chi connectivity index (χ0n) is 11.3. The van der Waals surface area contributed by atoms with Crippen LogP contribution in [0.4, 0.5) is 5.69 Å². The molecule has 1 unspecified atom stereocenters. The highest BCUT2D eigenvalue weighted by Crippen LogP contribution is 2.15. The van der Waals surface area contributed by atoms with E-state index in [1.165, 1.54) is 6.20 Å². The van der Waals surface area contributed by atoms with Crippen molar-refractivity contribution in [2.24, 2.45) is 0 Å². The molecule has 7 heteroatoms. The fourth-order valence-corrected chi connectivity index (χ4v) is 2.01. The normalized spacial score (nSPS) is 18.4. The van der Waals surface area contributed by atoms with Crippen LogP contribution < -0.4 is 16.0 Å². The second-order valence-electron chi connectivity index (χ2n) is 4.60. The highest BCUT2D eigenvalue weighted by atomic mass is 16.2. The lowest BCUT2D eigenvalue weighted by molar-refractivity contribution is -0.134. The second-order valence-corrected chi connectivity index (χ2v) is 4.60.